The van der Waals surface area contributed by atoms with E-state index < -0.39 is 0 Å². The molecule has 0 aromatic rings. The third kappa shape index (κ3) is 1.23. The van der Waals surface area contributed by atoms with Crippen LogP contribution in [0.5, 0.6) is 0 Å². The molecule has 1 aliphatic carbocycles. The molecule has 0 saturated carbocycles. The molecule has 3 heteroatoms. The molecule has 0 amide bonds. The molecule has 0 heterocycles. The molecule has 0 aliphatic heterocycles. The molecule has 0 saturated heterocycles. The molecule has 0 bridgehead atoms. The Kier molecular flexibility index (Phi) is 1.73. The van der Waals surface area contributed by atoms with Crippen LogP contribution in [0.1, 0.15) is 0 Å². The van der Waals surface area contributed by atoms with Crippen molar-refractivity contribution in [2.75, 3.05) is 0 Å². The molecule has 0 atom stereocenters. The maximum atomic E-state index is 8.93. The summed E-state index contributed by atoms with van der Waals surface area (Å²) in [6.45, 7) is 0. The Labute approximate surface area is 63.7 Å². The minimum atomic E-state index is 0.0949. The summed E-state index contributed by atoms with van der Waals surface area (Å²) in [6.07, 6.45) is 4.89. The zero-order valence-corrected chi connectivity index (χ0v) is 6.13. The first kappa shape index (κ1) is 6.58. The van der Waals surface area contributed by atoms with Crippen molar-refractivity contribution in [3.8, 4) is 0 Å². The smallest absolute Gasteiger partial charge is 0.135 e. The van der Waals surface area contributed by atoms with Crippen molar-refractivity contribution >= 4 is 34.2 Å². The van der Waals surface area contributed by atoms with Crippen LogP contribution in [0.25, 0.3) is 0 Å². The van der Waals surface area contributed by atoms with Crippen LogP contribution < -0.4 is 0 Å². The number of aliphatic hydroxyl groups is 1. The van der Waals surface area contributed by atoms with Crippen molar-refractivity contribution in [1.29, 1.82) is 0 Å². The summed E-state index contributed by atoms with van der Waals surface area (Å²) in [5.74, 6) is 0.0949. The summed E-state index contributed by atoms with van der Waals surface area (Å²) in [4.78, 5) is 0.900. The van der Waals surface area contributed by atoms with Crippen LogP contribution in [-0.4, -0.2) is 14.8 Å². The highest BCUT2D eigenvalue weighted by atomic mass is 32.1. The topological polar surface area (TPSA) is 20.2 Å². The number of thiocarbonyl (C=S) groups is 2. The molecular formula is C6H4OS2. The van der Waals surface area contributed by atoms with Crippen molar-refractivity contribution in [2.24, 2.45) is 0 Å². The molecule has 1 rings (SSSR count). The van der Waals surface area contributed by atoms with Crippen LogP contribution in [0, 0.1) is 0 Å². The van der Waals surface area contributed by atoms with E-state index in [9.17, 15) is 0 Å². The molecule has 9 heavy (non-hydrogen) atoms. The fourth-order valence-corrected chi connectivity index (χ4v) is 0.823. The highest BCUT2D eigenvalue weighted by Gasteiger charge is 2.08. The molecule has 46 valence electrons. The van der Waals surface area contributed by atoms with E-state index in [4.69, 9.17) is 29.5 Å². The standard InChI is InChI=1S/C6H4OS2/c7-4-2-1-3-5(8)6(4)9/h1-3,7H. The molecular weight excluding hydrogens is 152 g/mol. The first-order valence-electron chi connectivity index (χ1n) is 2.38. The lowest BCUT2D eigenvalue weighted by Crippen LogP contribution is -2.11. The molecule has 0 aromatic carbocycles. The first-order valence-corrected chi connectivity index (χ1v) is 3.19. The number of hydrogen-bond donors (Lipinski definition) is 1. The average Bonchev–Trinajstić information content (AvgIpc) is 1.83. The fourth-order valence-electron chi connectivity index (χ4n) is 0.504. The van der Waals surface area contributed by atoms with Crippen LogP contribution in [0.3, 0.4) is 0 Å². The zero-order valence-electron chi connectivity index (χ0n) is 4.50. The molecule has 0 fully saturated rings. The van der Waals surface area contributed by atoms with Gasteiger partial charge in [-0.3, -0.25) is 0 Å². The lowest BCUT2D eigenvalue weighted by atomic mass is 10.1. The molecule has 1 nitrogen and oxygen atoms in total. The van der Waals surface area contributed by atoms with Crippen LogP contribution >= 0.6 is 24.4 Å². The van der Waals surface area contributed by atoms with Gasteiger partial charge in [-0.15, -0.1) is 0 Å². The van der Waals surface area contributed by atoms with Gasteiger partial charge < -0.3 is 5.11 Å². The van der Waals surface area contributed by atoms with Crippen LogP contribution in [0.4, 0.5) is 0 Å². The SMILES string of the molecule is OC1=CC=CC(=S)C1=S. The quantitative estimate of drug-likeness (QED) is 0.539. The average molecular weight is 156 g/mol. The van der Waals surface area contributed by atoms with E-state index in [1.54, 1.807) is 12.2 Å². The molecule has 1 N–H and O–H groups in total. The van der Waals surface area contributed by atoms with Gasteiger partial charge in [0, 0.05) is 0 Å². The second kappa shape index (κ2) is 2.37. The van der Waals surface area contributed by atoms with Crippen molar-refractivity contribution in [1.82, 2.24) is 0 Å². The van der Waals surface area contributed by atoms with Crippen molar-refractivity contribution < 1.29 is 5.11 Å². The van der Waals surface area contributed by atoms with Gasteiger partial charge in [-0.05, 0) is 12.2 Å². The molecule has 0 aromatic heterocycles. The van der Waals surface area contributed by atoms with E-state index in [1.165, 1.54) is 6.08 Å². The Morgan fingerprint density at radius 1 is 1.33 bits per heavy atom. The van der Waals surface area contributed by atoms with E-state index in [-0.39, 0.29) is 5.76 Å². The largest absolute Gasteiger partial charge is 0.506 e. The van der Waals surface area contributed by atoms with Crippen molar-refractivity contribution in [2.45, 2.75) is 0 Å². The van der Waals surface area contributed by atoms with E-state index in [2.05, 4.69) is 0 Å². The Hall–Kier alpha value is -0.540. The monoisotopic (exact) mass is 156 g/mol. The number of aliphatic hydroxyl groups excluding tert-OH is 1. The summed E-state index contributed by atoms with van der Waals surface area (Å²) in [5, 5.41) is 8.93. The predicted molar refractivity (Wildman–Crippen MR) is 45.0 cm³/mol. The van der Waals surface area contributed by atoms with Gasteiger partial charge in [-0.25, -0.2) is 0 Å². The second-order valence-corrected chi connectivity index (χ2v) is 2.45. The van der Waals surface area contributed by atoms with Crippen molar-refractivity contribution in [3.05, 3.63) is 24.0 Å². The second-order valence-electron chi connectivity index (χ2n) is 1.60. The number of allylic oxidation sites excluding steroid dienone is 4. The molecule has 0 unspecified atom stereocenters. The lowest BCUT2D eigenvalue weighted by molar-refractivity contribution is 0.446. The minimum Gasteiger partial charge on any atom is -0.506 e. The van der Waals surface area contributed by atoms with E-state index in [1.807, 2.05) is 0 Å². The third-order valence-corrected chi connectivity index (χ3v) is 1.86. The zero-order chi connectivity index (χ0) is 6.85. The number of hydrogen-bond acceptors (Lipinski definition) is 3. The van der Waals surface area contributed by atoms with Gasteiger partial charge in [-0.1, -0.05) is 30.5 Å². The summed E-state index contributed by atoms with van der Waals surface area (Å²) < 4.78 is 0. The third-order valence-electron chi connectivity index (χ3n) is 0.958. The molecule has 0 spiro atoms. The molecule has 0 radical (unpaired) electrons. The van der Waals surface area contributed by atoms with E-state index in [0.717, 1.165) is 0 Å². The lowest BCUT2D eigenvalue weighted by Gasteiger charge is -2.02. The van der Waals surface area contributed by atoms with Gasteiger partial charge >= 0.3 is 0 Å². The fraction of sp³-hybridized carbons (Fsp3) is 0. The van der Waals surface area contributed by atoms with Crippen LogP contribution in [0.15, 0.2) is 24.0 Å². The van der Waals surface area contributed by atoms with Crippen LogP contribution in [-0.2, 0) is 0 Å². The summed E-state index contributed by atoms with van der Waals surface area (Å²) in [6, 6.07) is 0. The number of rotatable bonds is 0. The molecule has 1 aliphatic rings. The van der Waals surface area contributed by atoms with Gasteiger partial charge in [0.25, 0.3) is 0 Å². The normalized spacial score (nSPS) is 18.0. The van der Waals surface area contributed by atoms with Gasteiger partial charge in [0.15, 0.2) is 0 Å². The Balaban J connectivity index is 3.00. The Morgan fingerprint density at radius 2 is 2.00 bits per heavy atom. The van der Waals surface area contributed by atoms with E-state index >= 15 is 0 Å². The Morgan fingerprint density at radius 3 is 2.44 bits per heavy atom. The van der Waals surface area contributed by atoms with Crippen LogP contribution in [0.2, 0.25) is 0 Å². The van der Waals surface area contributed by atoms with Gasteiger partial charge in [0.2, 0.25) is 0 Å². The summed E-state index contributed by atoms with van der Waals surface area (Å²) >= 11 is 9.52. The summed E-state index contributed by atoms with van der Waals surface area (Å²) in [7, 11) is 0. The Bertz CT molecular complexity index is 225. The maximum absolute atomic E-state index is 8.93. The predicted octanol–water partition coefficient (Wildman–Crippen LogP) is 1.74. The minimum absolute atomic E-state index is 0.0949. The van der Waals surface area contributed by atoms with Gasteiger partial charge in [0.1, 0.15) is 5.76 Å². The first-order chi connectivity index (χ1) is 4.22. The van der Waals surface area contributed by atoms with Gasteiger partial charge in [0.05, 0.1) is 9.73 Å². The van der Waals surface area contributed by atoms with Crippen molar-refractivity contribution in [3.63, 3.8) is 0 Å². The van der Waals surface area contributed by atoms with Gasteiger partial charge in [-0.2, -0.15) is 0 Å². The maximum Gasteiger partial charge on any atom is 0.135 e. The highest BCUT2D eigenvalue weighted by Crippen LogP contribution is 2.04. The summed E-state index contributed by atoms with van der Waals surface area (Å²) in [5.41, 5.74) is 0. The highest BCUT2D eigenvalue weighted by molar-refractivity contribution is 7.90. The van der Waals surface area contributed by atoms with E-state index in [0.29, 0.717) is 9.73 Å².